The predicted octanol–water partition coefficient (Wildman–Crippen LogP) is 9.01. The lowest BCUT2D eigenvalue weighted by molar-refractivity contribution is -0.274. The van der Waals surface area contributed by atoms with Gasteiger partial charge in [0, 0.05) is 40.7 Å². The number of alkyl carbamates (subject to hydrolysis) is 2. The van der Waals surface area contributed by atoms with E-state index >= 15 is 0 Å². The van der Waals surface area contributed by atoms with Crippen LogP contribution < -0.4 is 20.1 Å². The summed E-state index contributed by atoms with van der Waals surface area (Å²) in [5, 5.41) is 6.17. The minimum absolute atomic E-state index is 0.183. The van der Waals surface area contributed by atoms with Gasteiger partial charge in [-0.05, 0) is 80.0 Å². The van der Waals surface area contributed by atoms with Gasteiger partial charge >= 0.3 is 18.5 Å². The zero-order chi connectivity index (χ0) is 49.6. The van der Waals surface area contributed by atoms with Crippen LogP contribution in [0.3, 0.4) is 0 Å². The Bertz CT molecular complexity index is 2940. The lowest BCUT2D eigenvalue weighted by Crippen LogP contribution is -2.51. The van der Waals surface area contributed by atoms with Gasteiger partial charge in [-0.1, -0.05) is 52.0 Å². The Morgan fingerprint density at radius 2 is 1.30 bits per heavy atom. The topological polar surface area (TPSA) is 198 Å². The number of aromatic amines is 2. The first kappa shape index (κ1) is 47.6. The van der Waals surface area contributed by atoms with Crippen LogP contribution in [0.4, 0.5) is 22.8 Å². The quantitative estimate of drug-likeness (QED) is 0.0918. The number of benzene rings is 3. The van der Waals surface area contributed by atoms with Crippen LogP contribution in [-0.2, 0) is 19.1 Å². The van der Waals surface area contributed by atoms with Gasteiger partial charge in [-0.15, -0.1) is 13.2 Å². The highest BCUT2D eigenvalue weighted by Crippen LogP contribution is 2.47. The van der Waals surface area contributed by atoms with Crippen molar-refractivity contribution in [3.63, 3.8) is 0 Å². The number of rotatable bonds is 12. The summed E-state index contributed by atoms with van der Waals surface area (Å²) in [4.78, 5) is 71.6. The number of alkyl halides is 3. The Hall–Kier alpha value is -7.51. The number of halogens is 3. The molecule has 3 aromatic carbocycles. The zero-order valence-corrected chi connectivity index (χ0v) is 39.4. The number of carbonyl (C=O) groups excluding carboxylic acids is 4. The number of ether oxygens (including phenoxy) is 4. The fourth-order valence-electron chi connectivity index (χ4n) is 9.81. The second kappa shape index (κ2) is 19.1. The van der Waals surface area contributed by atoms with Crippen molar-refractivity contribution in [1.29, 1.82) is 0 Å². The van der Waals surface area contributed by atoms with Crippen molar-refractivity contribution in [1.82, 2.24) is 44.9 Å². The van der Waals surface area contributed by atoms with Gasteiger partial charge in [0.2, 0.25) is 18.0 Å². The zero-order valence-electron chi connectivity index (χ0n) is 39.4. The molecule has 0 saturated carbocycles. The third-order valence-electron chi connectivity index (χ3n) is 13.2. The second-order valence-corrected chi connectivity index (χ2v) is 18.4. The number of hydrogen-bond acceptors (Lipinski definition) is 10. The van der Waals surface area contributed by atoms with Crippen molar-refractivity contribution in [2.24, 2.45) is 11.8 Å². The molecule has 0 aliphatic carbocycles. The standard InChI is InChI=1S/C50H54F3N9O8/c1-26(2)41(58-48(65)67-5)45(63)60-18-8-12-37(60)43-54-24-34(56-43)28-15-17-36-31(20-28)22-39-33-16-14-29(23-40(33)69-47(62(36)39)30-10-7-11-32(21-30)70-50(51,52)53)35-25-55-44(57-35)38-13-9-19-61(38)46(64)42(27(3)4)59-49(66)68-6/h7,10-11,14-17,20-27,37-38,41-42,47H,8-9,12-13,18-19H2,1-6H3,(H,54,56)(H,55,57)(H,58,65)(H,59,66)/t37-,38-,41-,42-,47?/m0/s1. The maximum Gasteiger partial charge on any atom is 0.573 e. The van der Waals surface area contributed by atoms with E-state index in [9.17, 15) is 32.3 Å². The number of likely N-dealkylation sites (tertiary alicyclic amines) is 2. The number of methoxy groups -OCH3 is 2. The van der Waals surface area contributed by atoms with E-state index in [1.807, 2.05) is 74.7 Å². The van der Waals surface area contributed by atoms with Gasteiger partial charge in [-0.3, -0.25) is 9.59 Å². The van der Waals surface area contributed by atoms with Crippen molar-refractivity contribution >= 4 is 34.9 Å². The van der Waals surface area contributed by atoms with Crippen molar-refractivity contribution < 1.29 is 51.3 Å². The Balaban J connectivity index is 1.04. The summed E-state index contributed by atoms with van der Waals surface area (Å²) >= 11 is 0. The summed E-state index contributed by atoms with van der Waals surface area (Å²) in [6.07, 6.45) is -0.928. The molecule has 368 valence electrons. The normalized spacial score (nSPS) is 18.6. The lowest BCUT2D eigenvalue weighted by Gasteiger charge is -2.31. The number of amides is 4. The number of imidazole rings is 2. The minimum atomic E-state index is -4.91. The highest BCUT2D eigenvalue weighted by atomic mass is 19.4. The highest BCUT2D eigenvalue weighted by molar-refractivity contribution is 5.93. The predicted molar refractivity (Wildman–Crippen MR) is 250 cm³/mol. The molecule has 0 bridgehead atoms. The first-order valence-electron chi connectivity index (χ1n) is 23.2. The van der Waals surface area contributed by atoms with Crippen molar-refractivity contribution in [3.8, 4) is 45.3 Å². The Morgan fingerprint density at radius 3 is 1.84 bits per heavy atom. The van der Waals surface area contributed by atoms with Crippen LogP contribution in [-0.4, -0.2) is 104 Å². The largest absolute Gasteiger partial charge is 0.573 e. The Kier molecular flexibility index (Phi) is 13.0. The number of nitrogens with one attached hydrogen (secondary N) is 4. The van der Waals surface area contributed by atoms with Gasteiger partial charge in [0.1, 0.15) is 35.2 Å². The Morgan fingerprint density at radius 1 is 0.743 bits per heavy atom. The average Bonchev–Trinajstić information content (AvgIpc) is 4.20. The van der Waals surface area contributed by atoms with Gasteiger partial charge in [0.25, 0.3) is 0 Å². The number of nitrogens with zero attached hydrogens (tertiary/aromatic N) is 5. The fourth-order valence-corrected chi connectivity index (χ4v) is 9.81. The van der Waals surface area contributed by atoms with E-state index in [0.717, 1.165) is 46.1 Å². The van der Waals surface area contributed by atoms with Gasteiger partial charge in [0.15, 0.2) is 0 Å². The molecule has 17 nitrogen and oxygen atoms in total. The van der Waals surface area contributed by atoms with Crippen LogP contribution in [0, 0.1) is 11.8 Å². The molecule has 20 heteroatoms. The van der Waals surface area contributed by atoms with Crippen molar-refractivity contribution in [2.75, 3.05) is 27.3 Å². The number of H-pyrrole nitrogens is 2. The highest BCUT2D eigenvalue weighted by Gasteiger charge is 2.40. The second-order valence-electron chi connectivity index (χ2n) is 18.4. The molecule has 2 fully saturated rings. The smallest absolute Gasteiger partial charge is 0.465 e. The maximum atomic E-state index is 13.8. The van der Waals surface area contributed by atoms with Crippen LogP contribution >= 0.6 is 0 Å². The van der Waals surface area contributed by atoms with E-state index in [4.69, 9.17) is 24.2 Å². The fraction of sp³-hybridized carbons (Fsp3) is 0.400. The van der Waals surface area contributed by atoms with Crippen LogP contribution in [0.5, 0.6) is 11.5 Å². The molecular weight excluding hydrogens is 912 g/mol. The molecule has 5 atom stereocenters. The molecule has 0 spiro atoms. The molecule has 0 radical (unpaired) electrons. The summed E-state index contributed by atoms with van der Waals surface area (Å²) in [6, 6.07) is 17.0. The number of carbonyl (C=O) groups is 4. The molecule has 6 heterocycles. The average molecular weight is 966 g/mol. The first-order chi connectivity index (χ1) is 33.5. The van der Waals surface area contributed by atoms with Gasteiger partial charge in [-0.2, -0.15) is 0 Å². The number of aromatic nitrogens is 5. The number of hydrogen-bond donors (Lipinski definition) is 4. The third-order valence-corrected chi connectivity index (χ3v) is 13.2. The molecule has 1 unspecified atom stereocenters. The lowest BCUT2D eigenvalue weighted by atomic mass is 10.0. The van der Waals surface area contributed by atoms with E-state index < -0.39 is 42.6 Å². The molecule has 3 aromatic heterocycles. The van der Waals surface area contributed by atoms with Crippen LogP contribution in [0.2, 0.25) is 0 Å². The molecule has 4 amide bonds. The third kappa shape index (κ3) is 9.33. The first-order valence-corrected chi connectivity index (χ1v) is 23.2. The SMILES string of the molecule is COC(=O)N[C@H](C(=O)N1CCC[C@H]1c1ncc(-c2ccc3c(c2)OC(c2cccc(OC(F)(F)F)c2)n2c-3cc3cc(-c4cnc([C@@H]5CCCN5C(=O)[C@@H](NC(=O)OC)C(C)C)[nH]4)ccc32)[nH]1)C(C)C. The van der Waals surface area contributed by atoms with E-state index in [0.29, 0.717) is 60.3 Å². The minimum Gasteiger partial charge on any atom is -0.465 e. The van der Waals surface area contributed by atoms with Crippen molar-refractivity contribution in [3.05, 3.63) is 96.3 Å². The Labute approximate surface area is 401 Å². The van der Waals surface area contributed by atoms with Crippen LogP contribution in [0.1, 0.15) is 88.9 Å². The molecule has 3 aliphatic heterocycles. The van der Waals surface area contributed by atoms with E-state index in [2.05, 4.69) is 25.3 Å². The molecule has 3 aliphatic rings. The summed E-state index contributed by atoms with van der Waals surface area (Å²) in [7, 11) is 2.51. The molecule has 4 N–H and O–H groups in total. The molecular formula is C50H54F3N9O8. The summed E-state index contributed by atoms with van der Waals surface area (Å²) < 4.78 is 63.1. The van der Waals surface area contributed by atoms with Gasteiger partial charge in [0.05, 0.1) is 61.3 Å². The van der Waals surface area contributed by atoms with Gasteiger partial charge in [-0.25, -0.2) is 19.6 Å². The summed E-state index contributed by atoms with van der Waals surface area (Å²) in [5.74, 6) is 0.454. The molecule has 9 rings (SSSR count). The van der Waals surface area contributed by atoms with Crippen LogP contribution in [0.15, 0.2) is 79.1 Å². The monoisotopic (exact) mass is 965 g/mol. The molecule has 2 saturated heterocycles. The molecule has 70 heavy (non-hydrogen) atoms. The molecule has 6 aromatic rings. The van der Waals surface area contributed by atoms with E-state index in [1.54, 1.807) is 28.3 Å². The summed E-state index contributed by atoms with van der Waals surface area (Å²) in [6.45, 7) is 8.43. The van der Waals surface area contributed by atoms with Gasteiger partial charge < -0.3 is 53.9 Å². The van der Waals surface area contributed by atoms with Crippen LogP contribution in [0.25, 0.3) is 44.7 Å². The maximum absolute atomic E-state index is 13.8. The number of fused-ring (bicyclic) bond motifs is 5. The van der Waals surface area contributed by atoms with Crippen molar-refractivity contribution in [2.45, 2.75) is 90.1 Å². The van der Waals surface area contributed by atoms with E-state index in [-0.39, 0.29) is 35.7 Å². The summed E-state index contributed by atoms with van der Waals surface area (Å²) in [5.41, 5.74) is 5.55. The van der Waals surface area contributed by atoms with E-state index in [1.165, 1.54) is 32.4 Å².